The molecule has 6 heteroatoms. The molecule has 6 nitrogen and oxygen atoms in total. The first-order valence-corrected chi connectivity index (χ1v) is 8.11. The standard InChI is InChI=1S/C20H23NO5/c1-24-17-7-4-15(12-16(17)22)10-11-21-20(23)9-6-14-5-8-18(25-2)19(13-14)26-3/h4-9,12-13,22H,10-11H2,1-3H3,(H,21,23). The summed E-state index contributed by atoms with van der Waals surface area (Å²) in [6.07, 6.45) is 3.77. The molecular formula is C20H23NO5. The molecule has 0 radical (unpaired) electrons. The van der Waals surface area contributed by atoms with E-state index in [0.717, 1.165) is 11.1 Å². The van der Waals surface area contributed by atoms with Crippen LogP contribution in [0.15, 0.2) is 42.5 Å². The predicted octanol–water partition coefficient (Wildman–Crippen LogP) is 2.79. The summed E-state index contributed by atoms with van der Waals surface area (Å²) >= 11 is 0. The van der Waals surface area contributed by atoms with E-state index < -0.39 is 0 Å². The summed E-state index contributed by atoms with van der Waals surface area (Å²) in [6.45, 7) is 0.459. The van der Waals surface area contributed by atoms with Gasteiger partial charge in [0.25, 0.3) is 0 Å². The monoisotopic (exact) mass is 357 g/mol. The number of benzene rings is 2. The lowest BCUT2D eigenvalue weighted by Gasteiger charge is -2.08. The molecule has 0 saturated carbocycles. The second kappa shape index (κ2) is 9.36. The Hall–Kier alpha value is -3.15. The number of ether oxygens (including phenoxy) is 3. The van der Waals surface area contributed by atoms with E-state index in [2.05, 4.69) is 5.32 Å². The summed E-state index contributed by atoms with van der Waals surface area (Å²) in [4.78, 5) is 11.9. The number of aromatic hydroxyl groups is 1. The molecule has 0 heterocycles. The van der Waals surface area contributed by atoms with E-state index in [1.165, 1.54) is 13.2 Å². The maximum atomic E-state index is 11.9. The topological polar surface area (TPSA) is 77.0 Å². The number of nitrogens with one attached hydrogen (secondary N) is 1. The highest BCUT2D eigenvalue weighted by Crippen LogP contribution is 2.28. The first kappa shape index (κ1) is 19.2. The number of carbonyl (C=O) groups is 1. The zero-order chi connectivity index (χ0) is 18.9. The molecule has 0 spiro atoms. The number of phenols is 1. The van der Waals surface area contributed by atoms with Gasteiger partial charge in [-0.2, -0.15) is 0 Å². The molecule has 1 amide bonds. The molecule has 26 heavy (non-hydrogen) atoms. The highest BCUT2D eigenvalue weighted by Gasteiger charge is 2.04. The molecule has 0 fully saturated rings. The van der Waals surface area contributed by atoms with E-state index in [1.54, 1.807) is 44.6 Å². The Bertz CT molecular complexity index is 786. The molecule has 0 aliphatic heterocycles. The van der Waals surface area contributed by atoms with Gasteiger partial charge in [0.05, 0.1) is 21.3 Å². The molecule has 0 aliphatic rings. The molecule has 2 rings (SSSR count). The van der Waals surface area contributed by atoms with E-state index in [-0.39, 0.29) is 11.7 Å². The van der Waals surface area contributed by atoms with Crippen LogP contribution < -0.4 is 19.5 Å². The fourth-order valence-electron chi connectivity index (χ4n) is 2.41. The normalized spacial score (nSPS) is 10.6. The average molecular weight is 357 g/mol. The van der Waals surface area contributed by atoms with Crippen LogP contribution in [0.25, 0.3) is 6.08 Å². The van der Waals surface area contributed by atoms with E-state index in [4.69, 9.17) is 14.2 Å². The third-order valence-corrected chi connectivity index (χ3v) is 3.79. The van der Waals surface area contributed by atoms with Gasteiger partial charge < -0.3 is 24.6 Å². The van der Waals surface area contributed by atoms with E-state index in [9.17, 15) is 9.90 Å². The minimum atomic E-state index is -0.197. The van der Waals surface area contributed by atoms with E-state index in [1.807, 2.05) is 12.1 Å². The molecule has 2 N–H and O–H groups in total. The Kier molecular flexibility index (Phi) is 6.91. The molecule has 0 atom stereocenters. The molecule has 2 aromatic rings. The molecule has 0 bridgehead atoms. The summed E-state index contributed by atoms with van der Waals surface area (Å²) in [6, 6.07) is 10.6. The Morgan fingerprint density at radius 1 is 1.00 bits per heavy atom. The molecule has 0 unspecified atom stereocenters. The van der Waals surface area contributed by atoms with Gasteiger partial charge in [-0.1, -0.05) is 12.1 Å². The Morgan fingerprint density at radius 2 is 1.69 bits per heavy atom. The summed E-state index contributed by atoms with van der Waals surface area (Å²) in [5.41, 5.74) is 1.74. The average Bonchev–Trinajstić information content (AvgIpc) is 2.66. The molecule has 0 aromatic heterocycles. The molecule has 0 saturated heterocycles. The van der Waals surface area contributed by atoms with Crippen LogP contribution in [0, 0.1) is 0 Å². The van der Waals surface area contributed by atoms with E-state index in [0.29, 0.717) is 30.2 Å². The minimum absolute atomic E-state index is 0.0877. The van der Waals surface area contributed by atoms with Crippen molar-refractivity contribution in [2.24, 2.45) is 0 Å². The number of hydrogen-bond donors (Lipinski definition) is 2. The number of amides is 1. The summed E-state index contributed by atoms with van der Waals surface area (Å²) < 4.78 is 15.4. The van der Waals surface area contributed by atoms with Crippen molar-refractivity contribution in [2.75, 3.05) is 27.9 Å². The van der Waals surface area contributed by atoms with Crippen LogP contribution in [-0.2, 0) is 11.2 Å². The Morgan fingerprint density at radius 3 is 2.35 bits per heavy atom. The third kappa shape index (κ3) is 5.17. The minimum Gasteiger partial charge on any atom is -0.504 e. The van der Waals surface area contributed by atoms with Gasteiger partial charge in [0.2, 0.25) is 5.91 Å². The van der Waals surface area contributed by atoms with Crippen LogP contribution in [0.3, 0.4) is 0 Å². The maximum Gasteiger partial charge on any atom is 0.244 e. The molecule has 138 valence electrons. The van der Waals surface area contributed by atoms with Gasteiger partial charge in [0.15, 0.2) is 23.0 Å². The van der Waals surface area contributed by atoms with Crippen LogP contribution in [0.5, 0.6) is 23.0 Å². The SMILES string of the molecule is COc1ccc(CCNC(=O)C=Cc2ccc(OC)c(OC)c2)cc1O. The van der Waals surface area contributed by atoms with Crippen molar-refractivity contribution in [3.05, 3.63) is 53.6 Å². The van der Waals surface area contributed by atoms with Gasteiger partial charge in [-0.15, -0.1) is 0 Å². The first-order valence-electron chi connectivity index (χ1n) is 8.11. The highest BCUT2D eigenvalue weighted by atomic mass is 16.5. The second-order valence-electron chi connectivity index (χ2n) is 5.49. The second-order valence-corrected chi connectivity index (χ2v) is 5.49. The van der Waals surface area contributed by atoms with Crippen molar-refractivity contribution in [3.63, 3.8) is 0 Å². The van der Waals surface area contributed by atoms with Crippen molar-refractivity contribution >= 4 is 12.0 Å². The Labute approximate surface area is 153 Å². The van der Waals surface area contributed by atoms with Gasteiger partial charge in [-0.25, -0.2) is 0 Å². The van der Waals surface area contributed by atoms with Crippen molar-refractivity contribution < 1.29 is 24.1 Å². The summed E-state index contributed by atoms with van der Waals surface area (Å²) in [5.74, 6) is 1.56. The third-order valence-electron chi connectivity index (χ3n) is 3.79. The maximum absolute atomic E-state index is 11.9. The van der Waals surface area contributed by atoms with Crippen LogP contribution in [0.2, 0.25) is 0 Å². The van der Waals surface area contributed by atoms with E-state index >= 15 is 0 Å². The fourth-order valence-corrected chi connectivity index (χ4v) is 2.41. The van der Waals surface area contributed by atoms with Crippen LogP contribution in [0.1, 0.15) is 11.1 Å². The van der Waals surface area contributed by atoms with Gasteiger partial charge >= 0.3 is 0 Å². The quantitative estimate of drug-likeness (QED) is 0.711. The molecular weight excluding hydrogens is 334 g/mol. The number of rotatable bonds is 8. The zero-order valence-electron chi connectivity index (χ0n) is 15.1. The number of carbonyl (C=O) groups excluding carboxylic acids is 1. The van der Waals surface area contributed by atoms with Crippen molar-refractivity contribution in [3.8, 4) is 23.0 Å². The van der Waals surface area contributed by atoms with Crippen molar-refractivity contribution in [2.45, 2.75) is 6.42 Å². The zero-order valence-corrected chi connectivity index (χ0v) is 15.1. The number of methoxy groups -OCH3 is 3. The first-order chi connectivity index (χ1) is 12.6. The lowest BCUT2D eigenvalue weighted by Crippen LogP contribution is -2.23. The lowest BCUT2D eigenvalue weighted by molar-refractivity contribution is -0.116. The fraction of sp³-hybridized carbons (Fsp3) is 0.250. The van der Waals surface area contributed by atoms with Crippen molar-refractivity contribution in [1.82, 2.24) is 5.32 Å². The van der Waals surface area contributed by atoms with Gasteiger partial charge in [0, 0.05) is 12.6 Å². The summed E-state index contributed by atoms with van der Waals surface area (Å²) in [5, 5.41) is 12.6. The number of hydrogen-bond acceptors (Lipinski definition) is 5. The van der Waals surface area contributed by atoms with Crippen LogP contribution >= 0.6 is 0 Å². The number of phenolic OH excluding ortho intramolecular Hbond substituents is 1. The largest absolute Gasteiger partial charge is 0.504 e. The highest BCUT2D eigenvalue weighted by molar-refractivity contribution is 5.91. The van der Waals surface area contributed by atoms with Gasteiger partial charge in [0.1, 0.15) is 0 Å². The molecule has 2 aromatic carbocycles. The Balaban J connectivity index is 1.86. The van der Waals surface area contributed by atoms with Crippen LogP contribution in [-0.4, -0.2) is 38.9 Å². The molecule has 0 aliphatic carbocycles. The smallest absolute Gasteiger partial charge is 0.244 e. The van der Waals surface area contributed by atoms with Gasteiger partial charge in [-0.05, 0) is 47.9 Å². The van der Waals surface area contributed by atoms with Crippen molar-refractivity contribution in [1.29, 1.82) is 0 Å². The predicted molar refractivity (Wildman–Crippen MR) is 100.0 cm³/mol. The lowest BCUT2D eigenvalue weighted by atomic mass is 10.1. The van der Waals surface area contributed by atoms with Crippen LogP contribution in [0.4, 0.5) is 0 Å². The van der Waals surface area contributed by atoms with Gasteiger partial charge in [-0.3, -0.25) is 4.79 Å². The summed E-state index contributed by atoms with van der Waals surface area (Å²) in [7, 11) is 4.64.